The minimum atomic E-state index is -4.49. The minimum Gasteiger partial charge on any atom is -0.166 e. The van der Waals surface area contributed by atoms with Crippen molar-refractivity contribution in [3.05, 3.63) is 106 Å². The SMILES string of the molecule is FC(F)(F)c1ccc(C2=C(Cl)c3ccccc3/C2=C(\Cl)c2ccc(C(F)(F)F)cc2)cc1. The van der Waals surface area contributed by atoms with Crippen LogP contribution in [-0.2, 0) is 12.4 Å². The highest BCUT2D eigenvalue weighted by Crippen LogP contribution is 2.52. The molecule has 0 heterocycles. The number of halogens is 8. The number of rotatable bonds is 2. The summed E-state index contributed by atoms with van der Waals surface area (Å²) in [5.41, 5.74) is 1.20. The zero-order valence-electron chi connectivity index (χ0n) is 16.0. The van der Waals surface area contributed by atoms with Gasteiger partial charge in [0.25, 0.3) is 0 Å². The van der Waals surface area contributed by atoms with E-state index in [1.807, 2.05) is 0 Å². The van der Waals surface area contributed by atoms with Crippen molar-refractivity contribution in [1.29, 1.82) is 0 Å². The molecule has 0 nitrogen and oxygen atoms in total. The average molecular weight is 485 g/mol. The first-order chi connectivity index (χ1) is 15.0. The monoisotopic (exact) mass is 484 g/mol. The quantitative estimate of drug-likeness (QED) is 0.318. The highest BCUT2D eigenvalue weighted by atomic mass is 35.5. The van der Waals surface area contributed by atoms with Gasteiger partial charge in [-0.15, -0.1) is 0 Å². The molecule has 0 unspecified atom stereocenters. The lowest BCUT2D eigenvalue weighted by atomic mass is 9.94. The fourth-order valence-corrected chi connectivity index (χ4v) is 4.24. The van der Waals surface area contributed by atoms with Crippen LogP contribution in [0, 0.1) is 0 Å². The predicted octanol–water partition coefficient (Wildman–Crippen LogP) is 8.95. The molecule has 0 aromatic heterocycles. The molecule has 1 aliphatic carbocycles. The van der Waals surface area contributed by atoms with Crippen LogP contribution in [0.3, 0.4) is 0 Å². The van der Waals surface area contributed by atoms with Crippen LogP contribution in [0.4, 0.5) is 26.3 Å². The summed E-state index contributed by atoms with van der Waals surface area (Å²) in [5.74, 6) is 0. The van der Waals surface area contributed by atoms with Gasteiger partial charge in [0.2, 0.25) is 0 Å². The summed E-state index contributed by atoms with van der Waals surface area (Å²) in [6, 6.07) is 15.8. The summed E-state index contributed by atoms with van der Waals surface area (Å²) in [4.78, 5) is 0. The van der Waals surface area contributed by atoms with Crippen molar-refractivity contribution in [3.8, 4) is 0 Å². The van der Waals surface area contributed by atoms with Gasteiger partial charge in [-0.3, -0.25) is 0 Å². The van der Waals surface area contributed by atoms with Crippen LogP contribution >= 0.6 is 23.2 Å². The highest BCUT2D eigenvalue weighted by Gasteiger charge is 2.33. The smallest absolute Gasteiger partial charge is 0.166 e. The largest absolute Gasteiger partial charge is 0.416 e. The van der Waals surface area contributed by atoms with Gasteiger partial charge in [-0.05, 0) is 41.0 Å². The van der Waals surface area contributed by atoms with E-state index in [2.05, 4.69) is 0 Å². The van der Waals surface area contributed by atoms with Gasteiger partial charge < -0.3 is 0 Å². The second-order valence-electron chi connectivity index (χ2n) is 7.07. The predicted molar refractivity (Wildman–Crippen MR) is 115 cm³/mol. The molecule has 0 saturated heterocycles. The number of fused-ring (bicyclic) bond motifs is 1. The van der Waals surface area contributed by atoms with Crippen LogP contribution in [0.5, 0.6) is 0 Å². The Morgan fingerprint density at radius 1 is 0.625 bits per heavy atom. The van der Waals surface area contributed by atoms with Crippen LogP contribution in [0.2, 0.25) is 0 Å². The fraction of sp³-hybridized carbons (Fsp3) is 0.0833. The lowest BCUT2D eigenvalue weighted by Gasteiger charge is -2.14. The maximum Gasteiger partial charge on any atom is 0.416 e. The van der Waals surface area contributed by atoms with Crippen molar-refractivity contribution in [2.24, 2.45) is 0 Å². The lowest BCUT2D eigenvalue weighted by molar-refractivity contribution is -0.138. The molecule has 0 bridgehead atoms. The summed E-state index contributed by atoms with van der Waals surface area (Å²) in [6.07, 6.45) is -8.99. The van der Waals surface area contributed by atoms with Crippen LogP contribution in [-0.4, -0.2) is 0 Å². The standard InChI is InChI=1S/C24H12Cl2F6/c25-21(14-7-11-16(12-8-14)24(30,31)32)20-17-3-1-2-4-18(17)22(26)19(20)13-5-9-15(10-6-13)23(27,28)29/h1-12H/b21-20+. The average Bonchev–Trinajstić information content (AvgIpc) is 3.05. The molecular formula is C24H12Cl2F6. The van der Waals surface area contributed by atoms with Crippen LogP contribution in [0.25, 0.3) is 21.2 Å². The molecule has 0 N–H and O–H groups in total. The molecule has 0 fully saturated rings. The van der Waals surface area contributed by atoms with Crippen molar-refractivity contribution < 1.29 is 26.3 Å². The van der Waals surface area contributed by atoms with Crippen molar-refractivity contribution in [3.63, 3.8) is 0 Å². The van der Waals surface area contributed by atoms with Crippen LogP contribution in [0.15, 0.2) is 72.8 Å². The van der Waals surface area contributed by atoms with E-state index < -0.39 is 23.5 Å². The summed E-state index contributed by atoms with van der Waals surface area (Å²) >= 11 is 13.2. The van der Waals surface area contributed by atoms with E-state index in [0.29, 0.717) is 38.4 Å². The summed E-state index contributed by atoms with van der Waals surface area (Å²) < 4.78 is 77.7. The topological polar surface area (TPSA) is 0 Å². The molecule has 0 aliphatic heterocycles. The molecule has 32 heavy (non-hydrogen) atoms. The Balaban J connectivity index is 1.88. The molecule has 0 atom stereocenters. The third-order valence-corrected chi connectivity index (χ3v) is 5.89. The normalized spacial score (nSPS) is 15.8. The van der Waals surface area contributed by atoms with Crippen molar-refractivity contribution in [2.45, 2.75) is 12.4 Å². The van der Waals surface area contributed by atoms with Gasteiger partial charge in [-0.1, -0.05) is 71.7 Å². The van der Waals surface area contributed by atoms with Crippen molar-refractivity contribution in [1.82, 2.24) is 0 Å². The Morgan fingerprint density at radius 2 is 1.09 bits per heavy atom. The summed E-state index contributed by atoms with van der Waals surface area (Å²) in [6.45, 7) is 0. The van der Waals surface area contributed by atoms with Crippen LogP contribution < -0.4 is 0 Å². The van der Waals surface area contributed by atoms with Gasteiger partial charge in [-0.25, -0.2) is 0 Å². The first-order valence-corrected chi connectivity index (χ1v) is 9.99. The third-order valence-electron chi connectivity index (χ3n) is 5.09. The zero-order chi connectivity index (χ0) is 23.3. The summed E-state index contributed by atoms with van der Waals surface area (Å²) in [5, 5.41) is 0.428. The minimum absolute atomic E-state index is 0.136. The van der Waals surface area contributed by atoms with E-state index in [1.54, 1.807) is 24.3 Å². The molecule has 8 heteroatoms. The molecule has 3 aromatic carbocycles. The molecule has 1 aliphatic rings. The van der Waals surface area contributed by atoms with Gasteiger partial charge in [0, 0.05) is 16.7 Å². The fourth-order valence-electron chi connectivity index (χ4n) is 3.55. The number of hydrogen-bond acceptors (Lipinski definition) is 0. The Morgan fingerprint density at radius 3 is 1.59 bits per heavy atom. The molecular weight excluding hydrogens is 473 g/mol. The second-order valence-corrected chi connectivity index (χ2v) is 7.83. The maximum absolute atomic E-state index is 13.0. The second kappa shape index (κ2) is 8.01. The van der Waals surface area contributed by atoms with E-state index in [1.165, 1.54) is 24.3 Å². The highest BCUT2D eigenvalue weighted by molar-refractivity contribution is 6.62. The van der Waals surface area contributed by atoms with Crippen molar-refractivity contribution in [2.75, 3.05) is 0 Å². The van der Waals surface area contributed by atoms with Gasteiger partial charge >= 0.3 is 12.4 Å². The Labute approximate surface area is 189 Å². The Kier molecular flexibility index (Phi) is 5.63. The third kappa shape index (κ3) is 4.05. The Bertz CT molecular complexity index is 1230. The number of allylic oxidation sites excluding steroid dienone is 2. The first kappa shape index (κ1) is 22.5. The zero-order valence-corrected chi connectivity index (χ0v) is 17.5. The molecule has 0 spiro atoms. The number of hydrogen-bond donors (Lipinski definition) is 0. The van der Waals surface area contributed by atoms with Gasteiger partial charge in [0.15, 0.2) is 0 Å². The number of alkyl halides is 6. The van der Waals surface area contributed by atoms with E-state index in [9.17, 15) is 26.3 Å². The first-order valence-electron chi connectivity index (χ1n) is 9.23. The molecule has 0 radical (unpaired) electrons. The van der Waals surface area contributed by atoms with E-state index in [-0.39, 0.29) is 5.03 Å². The molecule has 4 rings (SSSR count). The van der Waals surface area contributed by atoms with E-state index in [0.717, 1.165) is 24.3 Å². The van der Waals surface area contributed by atoms with Gasteiger partial charge in [0.1, 0.15) is 0 Å². The van der Waals surface area contributed by atoms with E-state index in [4.69, 9.17) is 23.2 Å². The molecule has 0 amide bonds. The molecule has 0 saturated carbocycles. The van der Waals surface area contributed by atoms with Crippen molar-refractivity contribution >= 4 is 44.4 Å². The van der Waals surface area contributed by atoms with E-state index >= 15 is 0 Å². The molecule has 164 valence electrons. The van der Waals surface area contributed by atoms with Crippen LogP contribution in [0.1, 0.15) is 33.4 Å². The lowest BCUT2D eigenvalue weighted by Crippen LogP contribution is -2.04. The van der Waals surface area contributed by atoms with Gasteiger partial charge in [-0.2, -0.15) is 26.3 Å². The van der Waals surface area contributed by atoms with Gasteiger partial charge in [0.05, 0.1) is 21.2 Å². The number of benzene rings is 3. The summed E-state index contributed by atoms with van der Waals surface area (Å²) in [7, 11) is 0. The Hall–Kier alpha value is -2.70. The molecule has 3 aromatic rings. The maximum atomic E-state index is 13.0.